The highest BCUT2D eigenvalue weighted by Crippen LogP contribution is 2.21. The second-order valence-electron chi connectivity index (χ2n) is 2.67. The van der Waals surface area contributed by atoms with Crippen LogP contribution in [0.4, 0.5) is 17.6 Å². The molecule has 0 amide bonds. The molecule has 0 aliphatic carbocycles. The topological polar surface area (TPSA) is 24.1 Å². The zero-order valence-corrected chi connectivity index (χ0v) is 8.44. The van der Waals surface area contributed by atoms with Gasteiger partial charge >= 0.3 is 12.3 Å². The Kier molecular flexibility index (Phi) is 5.75. The molecule has 0 spiro atoms. The average molecular weight is 232 g/mol. The molecule has 7 heteroatoms. The van der Waals surface area contributed by atoms with Crippen molar-refractivity contribution in [3.05, 3.63) is 0 Å². The van der Waals surface area contributed by atoms with Crippen LogP contribution in [0.2, 0.25) is 0 Å². The van der Waals surface area contributed by atoms with Crippen LogP contribution in [0.1, 0.15) is 13.3 Å². The van der Waals surface area contributed by atoms with E-state index in [-0.39, 0.29) is 5.11 Å². The lowest BCUT2D eigenvalue weighted by Crippen LogP contribution is -2.45. The molecule has 0 saturated carbocycles. The van der Waals surface area contributed by atoms with Gasteiger partial charge in [0.25, 0.3) is 0 Å². The van der Waals surface area contributed by atoms with Crippen molar-refractivity contribution in [1.29, 1.82) is 0 Å². The molecule has 0 aromatic rings. The van der Waals surface area contributed by atoms with Crippen molar-refractivity contribution in [3.8, 4) is 0 Å². The highest BCUT2D eigenvalue weighted by molar-refractivity contribution is 7.80. The van der Waals surface area contributed by atoms with Gasteiger partial charge < -0.3 is 10.6 Å². The van der Waals surface area contributed by atoms with Gasteiger partial charge in [-0.05, 0) is 18.6 Å². The zero-order valence-electron chi connectivity index (χ0n) is 7.62. The second kappa shape index (κ2) is 6.00. The largest absolute Gasteiger partial charge is 0.363 e. The zero-order chi connectivity index (χ0) is 11.2. The van der Waals surface area contributed by atoms with Gasteiger partial charge in [-0.3, -0.25) is 0 Å². The maximum absolute atomic E-state index is 12.3. The van der Waals surface area contributed by atoms with Gasteiger partial charge in [0, 0.05) is 6.54 Å². The maximum atomic E-state index is 12.3. The Morgan fingerprint density at radius 3 is 2.36 bits per heavy atom. The van der Waals surface area contributed by atoms with Gasteiger partial charge in [0.1, 0.15) is 0 Å². The molecule has 2 N–H and O–H groups in total. The summed E-state index contributed by atoms with van der Waals surface area (Å²) in [6.07, 6.45) is -2.91. The number of hydrogen-bond donors (Lipinski definition) is 2. The average Bonchev–Trinajstić information content (AvgIpc) is 2.11. The standard InChI is InChI=1S/C7H12F4N2S/c1-2-3-12-6(14)13-4-7(10,11)5(8)9/h5H,2-4H2,1H3,(H2,12,13,14). The Morgan fingerprint density at radius 1 is 1.36 bits per heavy atom. The molecule has 0 heterocycles. The molecule has 0 fully saturated rings. The van der Waals surface area contributed by atoms with Crippen molar-refractivity contribution >= 4 is 17.3 Å². The molecule has 2 nitrogen and oxygen atoms in total. The molecule has 0 aromatic heterocycles. The van der Waals surface area contributed by atoms with E-state index in [1.807, 2.05) is 12.2 Å². The Hall–Kier alpha value is -0.590. The fraction of sp³-hybridized carbons (Fsp3) is 0.857. The predicted molar refractivity (Wildman–Crippen MR) is 49.8 cm³/mol. The Balaban J connectivity index is 3.76. The fourth-order valence-electron chi connectivity index (χ4n) is 0.576. The normalized spacial score (nSPS) is 11.6. The summed E-state index contributed by atoms with van der Waals surface area (Å²) in [5, 5.41) is 4.58. The summed E-state index contributed by atoms with van der Waals surface area (Å²) in [6, 6.07) is 0. The third kappa shape index (κ3) is 5.21. The Labute approximate surface area is 85.0 Å². The molecule has 0 aromatic carbocycles. The minimum Gasteiger partial charge on any atom is -0.363 e. The first-order valence-electron chi connectivity index (χ1n) is 4.07. The van der Waals surface area contributed by atoms with E-state index in [4.69, 9.17) is 0 Å². The first-order valence-corrected chi connectivity index (χ1v) is 4.48. The van der Waals surface area contributed by atoms with Gasteiger partial charge in [0.2, 0.25) is 0 Å². The number of nitrogens with one attached hydrogen (secondary N) is 2. The molecule has 0 bridgehead atoms. The molecular formula is C7H12F4N2S. The predicted octanol–water partition coefficient (Wildman–Crippen LogP) is 1.76. The second-order valence-corrected chi connectivity index (χ2v) is 3.08. The molecule has 0 rings (SSSR count). The van der Waals surface area contributed by atoms with Crippen LogP contribution < -0.4 is 10.6 Å². The summed E-state index contributed by atoms with van der Waals surface area (Å²) in [4.78, 5) is 0. The SMILES string of the molecule is CCCNC(=S)NCC(F)(F)C(F)F. The van der Waals surface area contributed by atoms with Crippen LogP contribution in [0.3, 0.4) is 0 Å². The first-order chi connectivity index (χ1) is 6.40. The fourth-order valence-corrected chi connectivity index (χ4v) is 0.751. The van der Waals surface area contributed by atoms with Crippen molar-refractivity contribution in [1.82, 2.24) is 10.6 Å². The van der Waals surface area contributed by atoms with E-state index in [0.717, 1.165) is 6.42 Å². The summed E-state index contributed by atoms with van der Waals surface area (Å²) < 4.78 is 48.0. The van der Waals surface area contributed by atoms with E-state index in [0.29, 0.717) is 6.54 Å². The lowest BCUT2D eigenvalue weighted by Gasteiger charge is -2.17. The summed E-state index contributed by atoms with van der Waals surface area (Å²) in [5.41, 5.74) is 0. The molecular weight excluding hydrogens is 220 g/mol. The van der Waals surface area contributed by atoms with Crippen molar-refractivity contribution in [2.75, 3.05) is 13.1 Å². The monoisotopic (exact) mass is 232 g/mol. The highest BCUT2D eigenvalue weighted by Gasteiger charge is 2.40. The van der Waals surface area contributed by atoms with Crippen LogP contribution in [0.25, 0.3) is 0 Å². The lowest BCUT2D eigenvalue weighted by molar-refractivity contribution is -0.122. The smallest absolute Gasteiger partial charge is 0.324 e. The summed E-state index contributed by atoms with van der Waals surface area (Å²) in [6.45, 7) is 1.23. The number of hydrogen-bond acceptors (Lipinski definition) is 1. The minimum absolute atomic E-state index is 0.0350. The number of thiocarbonyl (C=S) groups is 1. The number of alkyl halides is 4. The van der Waals surface area contributed by atoms with Gasteiger partial charge in [-0.1, -0.05) is 6.92 Å². The lowest BCUT2D eigenvalue weighted by atomic mass is 10.3. The summed E-state index contributed by atoms with van der Waals surface area (Å²) in [7, 11) is 0. The van der Waals surface area contributed by atoms with Gasteiger partial charge in [0.05, 0.1) is 6.54 Å². The van der Waals surface area contributed by atoms with Gasteiger partial charge in [-0.2, -0.15) is 8.78 Å². The van der Waals surface area contributed by atoms with E-state index in [2.05, 4.69) is 17.5 Å². The van der Waals surface area contributed by atoms with Crippen LogP contribution >= 0.6 is 12.2 Å². The molecule has 0 atom stereocenters. The van der Waals surface area contributed by atoms with Crippen LogP contribution in [0.5, 0.6) is 0 Å². The molecule has 0 aliphatic heterocycles. The Bertz CT molecular complexity index is 187. The van der Waals surface area contributed by atoms with Crippen LogP contribution in [-0.2, 0) is 0 Å². The van der Waals surface area contributed by atoms with Crippen LogP contribution in [0, 0.1) is 0 Å². The minimum atomic E-state index is -4.04. The van der Waals surface area contributed by atoms with E-state index in [1.54, 1.807) is 0 Å². The van der Waals surface area contributed by atoms with Gasteiger partial charge in [-0.25, -0.2) is 8.78 Å². The first kappa shape index (κ1) is 13.4. The van der Waals surface area contributed by atoms with Crippen LogP contribution in [-0.4, -0.2) is 30.5 Å². The van der Waals surface area contributed by atoms with E-state index >= 15 is 0 Å². The van der Waals surface area contributed by atoms with Crippen molar-refractivity contribution < 1.29 is 17.6 Å². The molecule has 84 valence electrons. The number of halogens is 4. The molecule has 0 radical (unpaired) electrons. The third-order valence-corrected chi connectivity index (χ3v) is 1.63. The van der Waals surface area contributed by atoms with Crippen molar-refractivity contribution in [2.24, 2.45) is 0 Å². The van der Waals surface area contributed by atoms with Gasteiger partial charge in [0.15, 0.2) is 5.11 Å². The molecule has 14 heavy (non-hydrogen) atoms. The van der Waals surface area contributed by atoms with E-state index < -0.39 is 18.9 Å². The van der Waals surface area contributed by atoms with Gasteiger partial charge in [-0.15, -0.1) is 0 Å². The third-order valence-electron chi connectivity index (χ3n) is 1.34. The van der Waals surface area contributed by atoms with Crippen molar-refractivity contribution in [3.63, 3.8) is 0 Å². The van der Waals surface area contributed by atoms with E-state index in [1.165, 1.54) is 0 Å². The Morgan fingerprint density at radius 2 is 1.93 bits per heavy atom. The maximum Gasteiger partial charge on any atom is 0.324 e. The summed E-state index contributed by atoms with van der Waals surface area (Å²) >= 11 is 4.57. The quantitative estimate of drug-likeness (QED) is 0.558. The van der Waals surface area contributed by atoms with Crippen LogP contribution in [0.15, 0.2) is 0 Å². The summed E-state index contributed by atoms with van der Waals surface area (Å²) in [5.74, 6) is -4.04. The number of rotatable bonds is 5. The molecule has 0 unspecified atom stereocenters. The molecule has 0 aliphatic rings. The van der Waals surface area contributed by atoms with Crippen molar-refractivity contribution in [2.45, 2.75) is 25.7 Å². The molecule has 0 saturated heterocycles. The van der Waals surface area contributed by atoms with E-state index in [9.17, 15) is 17.6 Å². The highest BCUT2D eigenvalue weighted by atomic mass is 32.1.